The molecule has 0 N–H and O–H groups in total. The molecule has 2 fully saturated rings. The molecular formula is C22H34N6. The maximum Gasteiger partial charge on any atom is 0.146 e. The molecule has 0 unspecified atom stereocenters. The van der Waals surface area contributed by atoms with Gasteiger partial charge in [0, 0.05) is 45.7 Å². The van der Waals surface area contributed by atoms with Gasteiger partial charge in [0.2, 0.25) is 0 Å². The number of aromatic nitrogens is 3. The van der Waals surface area contributed by atoms with Crippen LogP contribution in [0.25, 0.3) is 0 Å². The van der Waals surface area contributed by atoms with Gasteiger partial charge in [0.25, 0.3) is 0 Å². The standard InChI is InChI=1S/C22H34N6/c1-18-5-4-6-19(15-18)16-27-9-7-20(8-10-27)22-24-23-21(26(22)3)17-28-13-11-25(2)12-14-28/h4-6,15,20H,7-14,16-17H2,1-3H3. The molecule has 6 heteroatoms. The van der Waals surface area contributed by atoms with Crippen molar-refractivity contribution >= 4 is 0 Å². The number of benzene rings is 1. The van der Waals surface area contributed by atoms with Crippen molar-refractivity contribution in [2.45, 2.75) is 38.8 Å². The summed E-state index contributed by atoms with van der Waals surface area (Å²) in [6.45, 7) is 11.0. The molecule has 2 aliphatic heterocycles. The van der Waals surface area contributed by atoms with Gasteiger partial charge in [-0.2, -0.15) is 0 Å². The number of piperidine rings is 1. The Morgan fingerprint density at radius 1 is 0.893 bits per heavy atom. The van der Waals surface area contributed by atoms with Crippen molar-refractivity contribution < 1.29 is 0 Å². The van der Waals surface area contributed by atoms with E-state index in [1.807, 2.05) is 0 Å². The van der Waals surface area contributed by atoms with Crippen LogP contribution in [-0.2, 0) is 20.1 Å². The third kappa shape index (κ3) is 4.62. The Kier molecular flexibility index (Phi) is 6.09. The van der Waals surface area contributed by atoms with Gasteiger partial charge < -0.3 is 9.47 Å². The number of rotatable bonds is 5. The van der Waals surface area contributed by atoms with Crippen molar-refractivity contribution in [3.63, 3.8) is 0 Å². The fourth-order valence-electron chi connectivity index (χ4n) is 4.49. The lowest BCUT2D eigenvalue weighted by atomic mass is 9.95. The summed E-state index contributed by atoms with van der Waals surface area (Å²) in [5, 5.41) is 9.14. The highest BCUT2D eigenvalue weighted by molar-refractivity contribution is 5.22. The second kappa shape index (κ2) is 8.72. The largest absolute Gasteiger partial charge is 0.317 e. The molecule has 4 rings (SSSR count). The van der Waals surface area contributed by atoms with Crippen LogP contribution in [0.1, 0.15) is 41.5 Å². The van der Waals surface area contributed by atoms with E-state index >= 15 is 0 Å². The number of likely N-dealkylation sites (N-methyl/N-ethyl adjacent to an activating group) is 1. The van der Waals surface area contributed by atoms with E-state index in [1.54, 1.807) is 0 Å². The van der Waals surface area contributed by atoms with Crippen molar-refractivity contribution in [2.24, 2.45) is 7.05 Å². The molecule has 3 heterocycles. The highest BCUT2D eigenvalue weighted by atomic mass is 15.3. The Hall–Kier alpha value is -1.76. The van der Waals surface area contributed by atoms with Gasteiger partial charge >= 0.3 is 0 Å². The second-order valence-corrected chi connectivity index (χ2v) is 8.65. The Balaban J connectivity index is 1.31. The average Bonchev–Trinajstić information content (AvgIpc) is 3.05. The maximum absolute atomic E-state index is 4.60. The molecule has 0 atom stereocenters. The number of likely N-dealkylation sites (tertiary alicyclic amines) is 1. The van der Waals surface area contributed by atoms with E-state index in [0.717, 1.165) is 58.2 Å². The highest BCUT2D eigenvalue weighted by Gasteiger charge is 2.26. The number of hydrogen-bond acceptors (Lipinski definition) is 5. The Bertz CT molecular complexity index is 769. The average molecular weight is 383 g/mol. The minimum Gasteiger partial charge on any atom is -0.317 e. The van der Waals surface area contributed by atoms with E-state index in [2.05, 4.69) is 74.7 Å². The lowest BCUT2D eigenvalue weighted by molar-refractivity contribution is 0.144. The molecule has 0 bridgehead atoms. The van der Waals surface area contributed by atoms with Crippen molar-refractivity contribution in [1.82, 2.24) is 29.5 Å². The van der Waals surface area contributed by atoms with Crippen LogP contribution in [0.15, 0.2) is 24.3 Å². The summed E-state index contributed by atoms with van der Waals surface area (Å²) >= 11 is 0. The fourth-order valence-corrected chi connectivity index (χ4v) is 4.49. The van der Waals surface area contributed by atoms with Crippen LogP contribution in [0.2, 0.25) is 0 Å². The number of piperazine rings is 1. The molecule has 2 saturated heterocycles. The normalized spacial score (nSPS) is 20.7. The molecule has 0 aliphatic carbocycles. The first-order chi connectivity index (χ1) is 13.6. The van der Waals surface area contributed by atoms with E-state index in [1.165, 1.54) is 29.8 Å². The van der Waals surface area contributed by atoms with Crippen LogP contribution in [0.3, 0.4) is 0 Å². The molecule has 0 spiro atoms. The number of aryl methyl sites for hydroxylation is 1. The Labute approximate surface area is 169 Å². The first kappa shape index (κ1) is 19.6. The summed E-state index contributed by atoms with van der Waals surface area (Å²) in [4.78, 5) is 7.47. The van der Waals surface area contributed by atoms with Crippen molar-refractivity contribution in [3.8, 4) is 0 Å². The fraction of sp³-hybridized carbons (Fsp3) is 0.636. The summed E-state index contributed by atoms with van der Waals surface area (Å²) < 4.78 is 2.26. The summed E-state index contributed by atoms with van der Waals surface area (Å²) in [6.07, 6.45) is 2.35. The number of nitrogens with zero attached hydrogens (tertiary/aromatic N) is 6. The minimum absolute atomic E-state index is 0.535. The van der Waals surface area contributed by atoms with Gasteiger partial charge in [-0.05, 0) is 45.5 Å². The third-order valence-electron chi connectivity index (χ3n) is 6.40. The van der Waals surface area contributed by atoms with E-state index < -0.39 is 0 Å². The molecule has 1 aromatic carbocycles. The molecule has 28 heavy (non-hydrogen) atoms. The Morgan fingerprint density at radius 3 is 2.32 bits per heavy atom. The molecule has 0 radical (unpaired) electrons. The van der Waals surface area contributed by atoms with Gasteiger partial charge in [0.1, 0.15) is 11.6 Å². The van der Waals surface area contributed by atoms with Gasteiger partial charge in [-0.15, -0.1) is 10.2 Å². The summed E-state index contributed by atoms with van der Waals surface area (Å²) in [5.41, 5.74) is 2.77. The zero-order chi connectivity index (χ0) is 19.5. The first-order valence-corrected chi connectivity index (χ1v) is 10.7. The molecule has 0 amide bonds. The molecule has 152 valence electrons. The zero-order valence-corrected chi connectivity index (χ0v) is 17.6. The van der Waals surface area contributed by atoms with Gasteiger partial charge in [0.15, 0.2) is 0 Å². The van der Waals surface area contributed by atoms with Crippen LogP contribution >= 0.6 is 0 Å². The molecule has 2 aliphatic rings. The maximum atomic E-state index is 4.60. The van der Waals surface area contributed by atoms with Gasteiger partial charge in [-0.25, -0.2) is 0 Å². The topological polar surface area (TPSA) is 40.4 Å². The summed E-state index contributed by atoms with van der Waals surface area (Å²) in [5.74, 6) is 2.83. The highest BCUT2D eigenvalue weighted by Crippen LogP contribution is 2.28. The van der Waals surface area contributed by atoms with Crippen LogP contribution in [0, 0.1) is 6.92 Å². The van der Waals surface area contributed by atoms with Gasteiger partial charge in [0.05, 0.1) is 6.54 Å². The quantitative estimate of drug-likeness (QED) is 0.793. The van der Waals surface area contributed by atoms with E-state index in [-0.39, 0.29) is 0 Å². The van der Waals surface area contributed by atoms with Crippen molar-refractivity contribution in [1.29, 1.82) is 0 Å². The molecule has 2 aromatic rings. The van der Waals surface area contributed by atoms with E-state index in [4.69, 9.17) is 0 Å². The predicted octanol–water partition coefficient (Wildman–Crippen LogP) is 2.25. The molecule has 0 saturated carbocycles. The monoisotopic (exact) mass is 382 g/mol. The van der Waals surface area contributed by atoms with Crippen molar-refractivity contribution in [2.75, 3.05) is 46.3 Å². The van der Waals surface area contributed by atoms with E-state index in [9.17, 15) is 0 Å². The molecular weight excluding hydrogens is 348 g/mol. The van der Waals surface area contributed by atoms with Crippen molar-refractivity contribution in [3.05, 3.63) is 47.0 Å². The van der Waals surface area contributed by atoms with Crippen LogP contribution < -0.4 is 0 Å². The lowest BCUT2D eigenvalue weighted by Crippen LogP contribution is -2.44. The lowest BCUT2D eigenvalue weighted by Gasteiger charge is -2.32. The van der Waals surface area contributed by atoms with Crippen LogP contribution in [-0.4, -0.2) is 75.8 Å². The summed E-state index contributed by atoms with van der Waals surface area (Å²) in [6, 6.07) is 8.88. The zero-order valence-electron chi connectivity index (χ0n) is 17.6. The number of hydrogen-bond donors (Lipinski definition) is 0. The van der Waals surface area contributed by atoms with Gasteiger partial charge in [-0.3, -0.25) is 9.80 Å². The third-order valence-corrected chi connectivity index (χ3v) is 6.40. The van der Waals surface area contributed by atoms with Crippen LogP contribution in [0.5, 0.6) is 0 Å². The minimum atomic E-state index is 0.535. The predicted molar refractivity (Wildman–Crippen MR) is 112 cm³/mol. The Morgan fingerprint density at radius 2 is 1.61 bits per heavy atom. The summed E-state index contributed by atoms with van der Waals surface area (Å²) in [7, 11) is 4.35. The molecule has 1 aromatic heterocycles. The van der Waals surface area contributed by atoms with Gasteiger partial charge in [-0.1, -0.05) is 29.8 Å². The first-order valence-electron chi connectivity index (χ1n) is 10.7. The second-order valence-electron chi connectivity index (χ2n) is 8.65. The van der Waals surface area contributed by atoms with Crippen LogP contribution in [0.4, 0.5) is 0 Å². The molecule has 6 nitrogen and oxygen atoms in total. The van der Waals surface area contributed by atoms with E-state index in [0.29, 0.717) is 5.92 Å². The SMILES string of the molecule is Cc1cccc(CN2CCC(c3nnc(CN4CCN(C)CC4)n3C)CC2)c1. The smallest absolute Gasteiger partial charge is 0.146 e.